The molecule has 0 unspecified atom stereocenters. The van der Waals surface area contributed by atoms with Gasteiger partial charge in [0, 0.05) is 21.5 Å². The van der Waals surface area contributed by atoms with E-state index >= 15 is 0 Å². The molecule has 0 N–H and O–H groups in total. The van der Waals surface area contributed by atoms with Gasteiger partial charge < -0.3 is 8.83 Å². The SMILES string of the molecule is CC.CC.CC.CCc1ccc2oc3c(ccc4c5cc(CC)ccc5oc43)c2c1. The second-order valence-corrected chi connectivity index (χ2v) is 6.39. The highest BCUT2D eigenvalue weighted by atomic mass is 16.4. The minimum Gasteiger partial charge on any atom is -0.452 e. The van der Waals surface area contributed by atoms with Crippen LogP contribution in [-0.4, -0.2) is 0 Å². The van der Waals surface area contributed by atoms with Gasteiger partial charge in [0.2, 0.25) is 0 Å². The highest BCUT2D eigenvalue weighted by Gasteiger charge is 2.16. The average molecular weight is 405 g/mol. The molecule has 0 aliphatic heterocycles. The summed E-state index contributed by atoms with van der Waals surface area (Å²) in [5.41, 5.74) is 6.19. The van der Waals surface area contributed by atoms with E-state index in [4.69, 9.17) is 8.83 Å². The molecule has 5 aromatic rings. The van der Waals surface area contributed by atoms with E-state index in [1.165, 1.54) is 21.9 Å². The first-order chi connectivity index (χ1) is 14.8. The Hall–Kier alpha value is -2.74. The number of furan rings is 2. The van der Waals surface area contributed by atoms with Crippen molar-refractivity contribution >= 4 is 43.9 Å². The zero-order valence-corrected chi connectivity index (χ0v) is 19.8. The lowest BCUT2D eigenvalue weighted by Crippen LogP contribution is -1.78. The Morgan fingerprint density at radius 3 is 1.20 bits per heavy atom. The molecule has 30 heavy (non-hydrogen) atoms. The Morgan fingerprint density at radius 2 is 0.867 bits per heavy atom. The van der Waals surface area contributed by atoms with Gasteiger partial charge in [-0.1, -0.05) is 67.5 Å². The molecule has 0 fully saturated rings. The van der Waals surface area contributed by atoms with Crippen molar-refractivity contribution in [1.82, 2.24) is 0 Å². The highest BCUT2D eigenvalue weighted by molar-refractivity contribution is 6.18. The third kappa shape index (κ3) is 4.09. The summed E-state index contributed by atoms with van der Waals surface area (Å²) in [6.07, 6.45) is 2.05. The number of aryl methyl sites for hydroxylation is 2. The Labute approximate surface area is 180 Å². The lowest BCUT2D eigenvalue weighted by atomic mass is 10.0. The Morgan fingerprint density at radius 1 is 0.500 bits per heavy atom. The molecule has 0 aliphatic rings. The largest absolute Gasteiger partial charge is 0.452 e. The van der Waals surface area contributed by atoms with Gasteiger partial charge in [0.25, 0.3) is 0 Å². The van der Waals surface area contributed by atoms with Crippen LogP contribution in [0.1, 0.15) is 66.5 Å². The Kier molecular flexibility index (Phi) is 8.53. The Balaban J connectivity index is 0.000000493. The molecule has 0 aliphatic carbocycles. The van der Waals surface area contributed by atoms with Crippen molar-refractivity contribution in [3.8, 4) is 0 Å². The summed E-state index contributed by atoms with van der Waals surface area (Å²) >= 11 is 0. The van der Waals surface area contributed by atoms with Gasteiger partial charge in [0.15, 0.2) is 11.2 Å². The first-order valence-corrected chi connectivity index (χ1v) is 11.6. The number of fused-ring (bicyclic) bond motifs is 7. The minimum absolute atomic E-state index is 0.852. The minimum atomic E-state index is 0.852. The summed E-state index contributed by atoms with van der Waals surface area (Å²) in [6.45, 7) is 16.3. The van der Waals surface area contributed by atoms with Crippen LogP contribution in [0.4, 0.5) is 0 Å². The van der Waals surface area contributed by atoms with Crippen molar-refractivity contribution in [2.24, 2.45) is 0 Å². The predicted octanol–water partition coefficient (Wildman–Crippen LogP) is 9.69. The molecule has 0 saturated carbocycles. The van der Waals surface area contributed by atoms with Gasteiger partial charge in [-0.25, -0.2) is 0 Å². The van der Waals surface area contributed by atoms with Crippen molar-refractivity contribution in [2.75, 3.05) is 0 Å². The fraction of sp³-hybridized carbons (Fsp3) is 0.357. The molecule has 3 aromatic carbocycles. The second kappa shape index (κ2) is 10.9. The molecule has 0 radical (unpaired) electrons. The summed E-state index contributed by atoms with van der Waals surface area (Å²) in [6, 6.07) is 17.2. The number of rotatable bonds is 2. The molecule has 2 heteroatoms. The van der Waals surface area contributed by atoms with Crippen molar-refractivity contribution < 1.29 is 8.83 Å². The van der Waals surface area contributed by atoms with E-state index in [1.54, 1.807) is 0 Å². The molecule has 2 aromatic heterocycles. The quantitative estimate of drug-likeness (QED) is 0.293. The molecule has 2 heterocycles. The topological polar surface area (TPSA) is 26.3 Å². The third-order valence-corrected chi connectivity index (χ3v) is 5.02. The van der Waals surface area contributed by atoms with E-state index < -0.39 is 0 Å². The fourth-order valence-corrected chi connectivity index (χ4v) is 3.60. The normalized spacial score (nSPS) is 10.3. The molecule has 0 atom stereocenters. The first-order valence-electron chi connectivity index (χ1n) is 11.6. The summed E-state index contributed by atoms with van der Waals surface area (Å²) in [5.74, 6) is 0. The average Bonchev–Trinajstić information content (AvgIpc) is 3.40. The summed E-state index contributed by atoms with van der Waals surface area (Å²) in [7, 11) is 0. The van der Waals surface area contributed by atoms with E-state index in [0.717, 1.165) is 45.9 Å². The van der Waals surface area contributed by atoms with Crippen molar-refractivity contribution in [1.29, 1.82) is 0 Å². The molecule has 0 saturated heterocycles. The summed E-state index contributed by atoms with van der Waals surface area (Å²) in [5, 5.41) is 4.59. The first kappa shape index (κ1) is 23.5. The van der Waals surface area contributed by atoms with E-state index in [1.807, 2.05) is 41.5 Å². The lowest BCUT2D eigenvalue weighted by molar-refractivity contribution is 0.633. The van der Waals surface area contributed by atoms with Crippen LogP contribution >= 0.6 is 0 Å². The number of hydrogen-bond donors (Lipinski definition) is 0. The van der Waals surface area contributed by atoms with Crippen LogP contribution in [0.15, 0.2) is 57.4 Å². The maximum atomic E-state index is 6.16. The number of hydrogen-bond acceptors (Lipinski definition) is 2. The van der Waals surface area contributed by atoms with Crippen LogP contribution in [0.2, 0.25) is 0 Å². The van der Waals surface area contributed by atoms with E-state index in [0.29, 0.717) is 0 Å². The molecule has 5 rings (SSSR count). The zero-order chi connectivity index (χ0) is 22.3. The van der Waals surface area contributed by atoms with Crippen LogP contribution in [-0.2, 0) is 12.8 Å². The van der Waals surface area contributed by atoms with Crippen LogP contribution in [0, 0.1) is 0 Å². The lowest BCUT2D eigenvalue weighted by Gasteiger charge is -1.96. The maximum absolute atomic E-state index is 6.16. The molecule has 2 nitrogen and oxygen atoms in total. The molecule has 0 amide bonds. The molecular weight excluding hydrogens is 368 g/mol. The van der Waals surface area contributed by atoms with Crippen LogP contribution in [0.3, 0.4) is 0 Å². The van der Waals surface area contributed by atoms with Crippen molar-refractivity contribution in [3.05, 3.63) is 59.7 Å². The smallest absolute Gasteiger partial charge is 0.178 e. The van der Waals surface area contributed by atoms with Gasteiger partial charge >= 0.3 is 0 Å². The molecule has 0 bridgehead atoms. The van der Waals surface area contributed by atoms with Gasteiger partial charge in [0.05, 0.1) is 0 Å². The molecular formula is C28H36O2. The standard InChI is InChI=1S/C22H18O2.3C2H6/c1-3-13-5-9-19-17(11-13)15-7-8-16-18-12-14(4-2)6-10-20(18)24-22(16)21(15)23-19;3*1-2/h5-12H,3-4H2,1-2H3;3*1-2H3. The Bertz CT molecular complexity index is 1120. The van der Waals surface area contributed by atoms with E-state index in [-0.39, 0.29) is 0 Å². The summed E-state index contributed by atoms with van der Waals surface area (Å²) < 4.78 is 12.3. The highest BCUT2D eigenvalue weighted by Crippen LogP contribution is 2.38. The van der Waals surface area contributed by atoms with Crippen molar-refractivity contribution in [3.63, 3.8) is 0 Å². The van der Waals surface area contributed by atoms with E-state index in [9.17, 15) is 0 Å². The van der Waals surface area contributed by atoms with E-state index in [2.05, 4.69) is 62.4 Å². The molecule has 160 valence electrons. The van der Waals surface area contributed by atoms with Crippen LogP contribution < -0.4 is 0 Å². The monoisotopic (exact) mass is 404 g/mol. The third-order valence-electron chi connectivity index (χ3n) is 5.02. The van der Waals surface area contributed by atoms with Gasteiger partial charge in [-0.15, -0.1) is 0 Å². The molecule has 0 spiro atoms. The fourth-order valence-electron chi connectivity index (χ4n) is 3.60. The van der Waals surface area contributed by atoms with Gasteiger partial charge in [-0.2, -0.15) is 0 Å². The van der Waals surface area contributed by atoms with Gasteiger partial charge in [-0.05, 0) is 60.4 Å². The zero-order valence-electron chi connectivity index (χ0n) is 19.8. The number of benzene rings is 3. The van der Waals surface area contributed by atoms with Gasteiger partial charge in [0.1, 0.15) is 11.2 Å². The van der Waals surface area contributed by atoms with Crippen LogP contribution in [0.5, 0.6) is 0 Å². The van der Waals surface area contributed by atoms with Gasteiger partial charge in [-0.3, -0.25) is 0 Å². The van der Waals surface area contributed by atoms with Crippen molar-refractivity contribution in [2.45, 2.75) is 68.2 Å². The summed E-state index contributed by atoms with van der Waals surface area (Å²) in [4.78, 5) is 0. The predicted molar refractivity (Wildman–Crippen MR) is 134 cm³/mol. The maximum Gasteiger partial charge on any atom is 0.178 e. The second-order valence-electron chi connectivity index (χ2n) is 6.39. The van der Waals surface area contributed by atoms with Crippen LogP contribution in [0.25, 0.3) is 43.9 Å².